The van der Waals surface area contributed by atoms with Gasteiger partial charge in [0.05, 0.1) is 11.4 Å². The van der Waals surface area contributed by atoms with Gasteiger partial charge in [-0.3, -0.25) is 14.2 Å². The highest BCUT2D eigenvalue weighted by Crippen LogP contribution is 2.38. The zero-order valence-electron chi connectivity index (χ0n) is 14.4. The predicted octanol–water partition coefficient (Wildman–Crippen LogP) is 3.35. The van der Waals surface area contributed by atoms with Crippen LogP contribution in [0.5, 0.6) is 5.75 Å². The standard InChI is InChI=1S/C19H15F3N2O3/c1-8(18(23)26)14-9(2)24(19(27)10-4-3-5-11(20)6-10)13-7-12(21)17(25)16(22)15(13)14/h3-8,25H,1-2H3,(H2,23,26). The van der Waals surface area contributed by atoms with Crippen molar-refractivity contribution in [2.45, 2.75) is 19.8 Å². The molecule has 0 radical (unpaired) electrons. The van der Waals surface area contributed by atoms with E-state index in [2.05, 4.69) is 0 Å². The van der Waals surface area contributed by atoms with Crippen molar-refractivity contribution in [3.05, 3.63) is 64.6 Å². The van der Waals surface area contributed by atoms with Gasteiger partial charge in [0.15, 0.2) is 17.4 Å². The molecule has 1 amide bonds. The van der Waals surface area contributed by atoms with Crippen LogP contribution in [-0.2, 0) is 4.79 Å². The zero-order valence-corrected chi connectivity index (χ0v) is 14.4. The van der Waals surface area contributed by atoms with Gasteiger partial charge >= 0.3 is 0 Å². The van der Waals surface area contributed by atoms with Crippen LogP contribution in [0.4, 0.5) is 13.2 Å². The van der Waals surface area contributed by atoms with Crippen molar-refractivity contribution in [2.75, 3.05) is 0 Å². The SMILES string of the molecule is Cc1c(C(C)C(N)=O)c2c(F)c(O)c(F)cc2n1C(=O)c1cccc(F)c1. The average Bonchev–Trinajstić information content (AvgIpc) is 2.90. The molecule has 0 aliphatic rings. The molecule has 0 saturated heterocycles. The Morgan fingerprint density at radius 3 is 2.44 bits per heavy atom. The van der Waals surface area contributed by atoms with Crippen LogP contribution < -0.4 is 5.73 Å². The van der Waals surface area contributed by atoms with Crippen LogP contribution in [0.2, 0.25) is 0 Å². The Kier molecular flexibility index (Phi) is 4.43. The van der Waals surface area contributed by atoms with Gasteiger partial charge in [0.2, 0.25) is 5.91 Å². The molecule has 27 heavy (non-hydrogen) atoms. The Hall–Kier alpha value is -3.29. The quantitative estimate of drug-likeness (QED) is 0.735. The van der Waals surface area contributed by atoms with Crippen LogP contribution in [0.3, 0.4) is 0 Å². The normalized spacial score (nSPS) is 12.3. The summed E-state index contributed by atoms with van der Waals surface area (Å²) in [5, 5.41) is 9.34. The van der Waals surface area contributed by atoms with Crippen molar-refractivity contribution in [3.8, 4) is 5.75 Å². The Bertz CT molecular complexity index is 1110. The van der Waals surface area contributed by atoms with Gasteiger partial charge < -0.3 is 10.8 Å². The van der Waals surface area contributed by atoms with Crippen LogP contribution >= 0.6 is 0 Å². The third-order valence-electron chi connectivity index (χ3n) is 4.54. The number of fused-ring (bicyclic) bond motifs is 1. The topological polar surface area (TPSA) is 85.3 Å². The Labute approximate surface area is 151 Å². The van der Waals surface area contributed by atoms with Gasteiger partial charge in [0, 0.05) is 22.7 Å². The highest BCUT2D eigenvalue weighted by molar-refractivity contribution is 6.05. The Balaban J connectivity index is 2.41. The third kappa shape index (κ3) is 2.83. The van der Waals surface area contributed by atoms with Gasteiger partial charge in [0.1, 0.15) is 5.82 Å². The maximum atomic E-state index is 14.6. The average molecular weight is 376 g/mol. The van der Waals surface area contributed by atoms with Crippen molar-refractivity contribution in [1.29, 1.82) is 0 Å². The number of carbonyl (C=O) groups excluding carboxylic acids is 2. The largest absolute Gasteiger partial charge is 0.503 e. The van der Waals surface area contributed by atoms with Crippen molar-refractivity contribution < 1.29 is 27.9 Å². The molecule has 0 bridgehead atoms. The second kappa shape index (κ2) is 6.46. The van der Waals surface area contributed by atoms with Crippen molar-refractivity contribution >= 4 is 22.7 Å². The van der Waals surface area contributed by atoms with E-state index in [1.807, 2.05) is 0 Å². The summed E-state index contributed by atoms with van der Waals surface area (Å²) in [5.74, 6) is -7.02. The summed E-state index contributed by atoms with van der Waals surface area (Å²) < 4.78 is 43.1. The van der Waals surface area contributed by atoms with E-state index in [4.69, 9.17) is 5.73 Å². The van der Waals surface area contributed by atoms with Crippen LogP contribution in [0.25, 0.3) is 10.9 Å². The molecule has 1 heterocycles. The lowest BCUT2D eigenvalue weighted by molar-refractivity contribution is -0.119. The lowest BCUT2D eigenvalue weighted by atomic mass is 9.97. The van der Waals surface area contributed by atoms with E-state index in [9.17, 15) is 27.9 Å². The molecule has 3 rings (SSSR count). The molecule has 5 nitrogen and oxygen atoms in total. The first-order valence-corrected chi connectivity index (χ1v) is 7.96. The highest BCUT2D eigenvalue weighted by Gasteiger charge is 2.30. The Morgan fingerprint density at radius 1 is 1.19 bits per heavy atom. The van der Waals surface area contributed by atoms with E-state index in [1.54, 1.807) is 0 Å². The third-order valence-corrected chi connectivity index (χ3v) is 4.54. The number of benzene rings is 2. The number of carbonyl (C=O) groups is 2. The molecule has 1 aromatic heterocycles. The molecule has 2 aromatic carbocycles. The molecule has 0 fully saturated rings. The number of aromatic hydroxyl groups is 1. The van der Waals surface area contributed by atoms with Crippen molar-refractivity contribution in [2.24, 2.45) is 5.73 Å². The van der Waals surface area contributed by atoms with Crippen LogP contribution in [0.1, 0.15) is 34.5 Å². The van der Waals surface area contributed by atoms with Gasteiger partial charge in [-0.25, -0.2) is 13.2 Å². The molecule has 0 saturated carbocycles. The summed E-state index contributed by atoms with van der Waals surface area (Å²) in [7, 11) is 0. The number of hydrogen-bond acceptors (Lipinski definition) is 3. The summed E-state index contributed by atoms with van der Waals surface area (Å²) >= 11 is 0. The molecule has 140 valence electrons. The van der Waals surface area contributed by atoms with E-state index in [0.717, 1.165) is 22.8 Å². The number of halogens is 3. The number of phenols is 1. The molecular formula is C19H15F3N2O3. The molecule has 1 atom stereocenters. The summed E-state index contributed by atoms with van der Waals surface area (Å²) in [4.78, 5) is 24.6. The van der Waals surface area contributed by atoms with Crippen molar-refractivity contribution in [3.63, 3.8) is 0 Å². The molecular weight excluding hydrogens is 361 g/mol. The summed E-state index contributed by atoms with van der Waals surface area (Å²) in [6.45, 7) is 2.83. The first kappa shape index (κ1) is 18.5. The minimum Gasteiger partial charge on any atom is -0.503 e. The maximum Gasteiger partial charge on any atom is 0.262 e. The summed E-state index contributed by atoms with van der Waals surface area (Å²) in [6, 6.07) is 5.59. The molecule has 1 unspecified atom stereocenters. The first-order chi connectivity index (χ1) is 12.6. The van der Waals surface area contributed by atoms with Gasteiger partial charge in [-0.2, -0.15) is 0 Å². The van der Waals surface area contributed by atoms with Crippen molar-refractivity contribution in [1.82, 2.24) is 4.57 Å². The molecule has 0 aliphatic heterocycles. The lowest BCUT2D eigenvalue weighted by Gasteiger charge is -2.10. The number of nitrogens with two attached hydrogens (primary N) is 1. The smallest absolute Gasteiger partial charge is 0.262 e. The van der Waals surface area contributed by atoms with Crippen LogP contribution in [0, 0.1) is 24.4 Å². The van der Waals surface area contributed by atoms with E-state index in [0.29, 0.717) is 0 Å². The minimum atomic E-state index is -1.30. The second-order valence-electron chi connectivity index (χ2n) is 6.19. The number of primary amides is 1. The molecule has 0 spiro atoms. The molecule has 3 aromatic rings. The number of rotatable bonds is 3. The fourth-order valence-electron chi connectivity index (χ4n) is 3.20. The van der Waals surface area contributed by atoms with E-state index in [-0.39, 0.29) is 27.7 Å². The van der Waals surface area contributed by atoms with Crippen LogP contribution in [0.15, 0.2) is 30.3 Å². The number of amides is 1. The van der Waals surface area contributed by atoms with Gasteiger partial charge in [0.25, 0.3) is 5.91 Å². The molecule has 8 heteroatoms. The molecule has 0 aliphatic carbocycles. The fourth-order valence-corrected chi connectivity index (χ4v) is 3.20. The van der Waals surface area contributed by atoms with Gasteiger partial charge in [-0.05, 0) is 37.6 Å². The number of nitrogens with zero attached hydrogens (tertiary/aromatic N) is 1. The highest BCUT2D eigenvalue weighted by atomic mass is 19.1. The lowest BCUT2D eigenvalue weighted by Crippen LogP contribution is -2.20. The van der Waals surface area contributed by atoms with Gasteiger partial charge in [-0.1, -0.05) is 6.07 Å². The van der Waals surface area contributed by atoms with Gasteiger partial charge in [-0.15, -0.1) is 0 Å². The summed E-state index contributed by atoms with van der Waals surface area (Å²) in [5.41, 5.74) is 5.26. The number of hydrogen-bond donors (Lipinski definition) is 2. The molecule has 3 N–H and O–H groups in total. The van der Waals surface area contributed by atoms with E-state index >= 15 is 0 Å². The monoisotopic (exact) mass is 376 g/mol. The van der Waals surface area contributed by atoms with Crippen LogP contribution in [-0.4, -0.2) is 21.5 Å². The minimum absolute atomic E-state index is 0.0510. The number of aromatic nitrogens is 1. The first-order valence-electron chi connectivity index (χ1n) is 7.96. The predicted molar refractivity (Wildman–Crippen MR) is 92.0 cm³/mol. The fraction of sp³-hybridized carbons (Fsp3) is 0.158. The summed E-state index contributed by atoms with van der Waals surface area (Å²) in [6.07, 6.45) is 0. The van der Waals surface area contributed by atoms with E-state index < -0.39 is 40.9 Å². The Morgan fingerprint density at radius 2 is 1.85 bits per heavy atom. The van der Waals surface area contributed by atoms with E-state index in [1.165, 1.54) is 26.0 Å². The number of phenolic OH excluding ortho intramolecular Hbond substituents is 1. The maximum absolute atomic E-state index is 14.6. The second-order valence-corrected chi connectivity index (χ2v) is 6.19. The zero-order chi connectivity index (χ0) is 20.0.